The van der Waals surface area contributed by atoms with E-state index in [4.69, 9.17) is 10.5 Å². The summed E-state index contributed by atoms with van der Waals surface area (Å²) in [7, 11) is 0. The molecule has 5 heteroatoms. The Morgan fingerprint density at radius 2 is 2.25 bits per heavy atom. The predicted octanol–water partition coefficient (Wildman–Crippen LogP) is 2.56. The lowest BCUT2D eigenvalue weighted by Gasteiger charge is -2.23. The summed E-state index contributed by atoms with van der Waals surface area (Å²) in [6.45, 7) is 1.97. The number of halogens is 1. The van der Waals surface area contributed by atoms with Gasteiger partial charge in [-0.05, 0) is 47.3 Å². The molecule has 0 aliphatic carbocycles. The van der Waals surface area contributed by atoms with Crippen LogP contribution in [0.2, 0.25) is 0 Å². The molecule has 1 heterocycles. The first-order valence-corrected chi connectivity index (χ1v) is 7.88. The molecule has 2 N–H and O–H groups in total. The summed E-state index contributed by atoms with van der Waals surface area (Å²) in [5.74, 6) is 1.02. The lowest BCUT2D eigenvalue weighted by molar-refractivity contribution is -0.132. The highest BCUT2D eigenvalue weighted by Crippen LogP contribution is 2.24. The van der Waals surface area contributed by atoms with Gasteiger partial charge in [0.05, 0.1) is 11.1 Å². The van der Waals surface area contributed by atoms with Crippen molar-refractivity contribution in [2.45, 2.75) is 31.7 Å². The van der Waals surface area contributed by atoms with Crippen LogP contribution >= 0.6 is 15.9 Å². The first kappa shape index (κ1) is 15.3. The number of nitrogens with two attached hydrogens (primary N) is 1. The summed E-state index contributed by atoms with van der Waals surface area (Å²) in [6, 6.07) is 7.97. The summed E-state index contributed by atoms with van der Waals surface area (Å²) in [5, 5.41) is 0. The van der Waals surface area contributed by atoms with Crippen molar-refractivity contribution in [2.75, 3.05) is 19.7 Å². The van der Waals surface area contributed by atoms with Crippen molar-refractivity contribution in [3.8, 4) is 5.75 Å². The number of para-hydroxylation sites is 1. The van der Waals surface area contributed by atoms with E-state index >= 15 is 0 Å². The molecule has 20 heavy (non-hydrogen) atoms. The van der Waals surface area contributed by atoms with E-state index in [0.717, 1.165) is 36.0 Å². The Morgan fingerprint density at radius 1 is 1.45 bits per heavy atom. The molecule has 1 atom stereocenters. The summed E-state index contributed by atoms with van der Waals surface area (Å²) in [4.78, 5) is 14.0. The van der Waals surface area contributed by atoms with Gasteiger partial charge in [0.15, 0.2) is 0 Å². The van der Waals surface area contributed by atoms with Gasteiger partial charge in [-0.25, -0.2) is 0 Å². The summed E-state index contributed by atoms with van der Waals surface area (Å²) in [5.41, 5.74) is 5.69. The van der Waals surface area contributed by atoms with E-state index in [0.29, 0.717) is 19.6 Å². The number of ether oxygens (including phenoxy) is 1. The number of amides is 1. The number of likely N-dealkylation sites (tertiary alicyclic amines) is 1. The van der Waals surface area contributed by atoms with Crippen LogP contribution in [0.4, 0.5) is 0 Å². The van der Waals surface area contributed by atoms with Crippen molar-refractivity contribution < 1.29 is 9.53 Å². The summed E-state index contributed by atoms with van der Waals surface area (Å²) < 4.78 is 6.60. The Hall–Kier alpha value is -1.07. The average molecular weight is 341 g/mol. The van der Waals surface area contributed by atoms with Crippen molar-refractivity contribution in [1.29, 1.82) is 0 Å². The Balaban J connectivity index is 1.71. The molecule has 1 fully saturated rings. The zero-order valence-corrected chi connectivity index (χ0v) is 13.1. The van der Waals surface area contributed by atoms with Crippen LogP contribution in [-0.4, -0.2) is 36.5 Å². The van der Waals surface area contributed by atoms with Gasteiger partial charge in [0.25, 0.3) is 0 Å². The smallest absolute Gasteiger partial charge is 0.222 e. The van der Waals surface area contributed by atoms with Gasteiger partial charge < -0.3 is 15.4 Å². The molecular weight excluding hydrogens is 320 g/mol. The van der Waals surface area contributed by atoms with Crippen LogP contribution in [0.25, 0.3) is 0 Å². The first-order chi connectivity index (χ1) is 9.72. The van der Waals surface area contributed by atoms with E-state index in [2.05, 4.69) is 15.9 Å². The average Bonchev–Trinajstić information content (AvgIpc) is 2.93. The van der Waals surface area contributed by atoms with E-state index in [-0.39, 0.29) is 11.9 Å². The molecule has 110 valence electrons. The lowest BCUT2D eigenvalue weighted by Crippen LogP contribution is -2.39. The molecule has 4 nitrogen and oxygen atoms in total. The van der Waals surface area contributed by atoms with Crippen LogP contribution in [0.3, 0.4) is 0 Å². The molecule has 1 aromatic rings. The van der Waals surface area contributed by atoms with Gasteiger partial charge in [0, 0.05) is 25.6 Å². The van der Waals surface area contributed by atoms with Crippen molar-refractivity contribution in [3.05, 3.63) is 28.7 Å². The van der Waals surface area contributed by atoms with Crippen molar-refractivity contribution >= 4 is 21.8 Å². The number of carbonyl (C=O) groups is 1. The third kappa shape index (κ3) is 3.96. The quantitative estimate of drug-likeness (QED) is 0.809. The second kappa shape index (κ2) is 7.64. The molecular formula is C15H21BrN2O2. The minimum atomic E-state index is 0.202. The SMILES string of the molecule is NCC1CCCN1C(=O)CCCOc1ccccc1Br. The number of carbonyl (C=O) groups excluding carboxylic acids is 1. The fraction of sp³-hybridized carbons (Fsp3) is 0.533. The van der Waals surface area contributed by atoms with E-state index in [1.54, 1.807) is 0 Å². The standard InChI is InChI=1S/C15H21BrN2O2/c16-13-6-1-2-7-14(13)20-10-4-8-15(19)18-9-3-5-12(18)11-17/h1-2,6-7,12H,3-5,8-11,17H2. The molecule has 0 aromatic heterocycles. The largest absolute Gasteiger partial charge is 0.492 e. The number of hydrogen-bond donors (Lipinski definition) is 1. The second-order valence-electron chi connectivity index (χ2n) is 5.00. The number of benzene rings is 1. The Bertz CT molecular complexity index is 453. The van der Waals surface area contributed by atoms with Gasteiger partial charge in [0.2, 0.25) is 5.91 Å². The third-order valence-electron chi connectivity index (χ3n) is 3.60. The topological polar surface area (TPSA) is 55.6 Å². The molecule has 0 spiro atoms. The van der Waals surface area contributed by atoms with Crippen LogP contribution < -0.4 is 10.5 Å². The molecule has 1 aliphatic rings. The predicted molar refractivity (Wildman–Crippen MR) is 82.7 cm³/mol. The second-order valence-corrected chi connectivity index (χ2v) is 5.86. The van der Waals surface area contributed by atoms with Gasteiger partial charge in [-0.15, -0.1) is 0 Å². The van der Waals surface area contributed by atoms with Crippen LogP contribution in [0, 0.1) is 0 Å². The van der Waals surface area contributed by atoms with Gasteiger partial charge >= 0.3 is 0 Å². The summed E-state index contributed by atoms with van der Waals surface area (Å²) in [6.07, 6.45) is 3.37. The molecule has 1 aliphatic heterocycles. The zero-order valence-electron chi connectivity index (χ0n) is 11.6. The van der Waals surface area contributed by atoms with Gasteiger partial charge in [-0.3, -0.25) is 4.79 Å². The van der Waals surface area contributed by atoms with Crippen LogP contribution in [0.15, 0.2) is 28.7 Å². The molecule has 0 bridgehead atoms. The van der Waals surface area contributed by atoms with E-state index < -0.39 is 0 Å². The maximum absolute atomic E-state index is 12.1. The maximum atomic E-state index is 12.1. The fourth-order valence-corrected chi connectivity index (χ4v) is 2.92. The number of rotatable bonds is 6. The molecule has 1 saturated heterocycles. The monoisotopic (exact) mass is 340 g/mol. The number of hydrogen-bond acceptors (Lipinski definition) is 3. The van der Waals surface area contributed by atoms with Crippen LogP contribution in [0.5, 0.6) is 5.75 Å². The molecule has 1 unspecified atom stereocenters. The summed E-state index contributed by atoms with van der Waals surface area (Å²) >= 11 is 3.43. The first-order valence-electron chi connectivity index (χ1n) is 7.09. The molecule has 1 amide bonds. The molecule has 1 aromatic carbocycles. The van der Waals surface area contributed by atoms with Crippen molar-refractivity contribution in [1.82, 2.24) is 4.90 Å². The van der Waals surface area contributed by atoms with Gasteiger partial charge in [-0.1, -0.05) is 12.1 Å². The van der Waals surface area contributed by atoms with E-state index in [9.17, 15) is 4.79 Å². The molecule has 0 saturated carbocycles. The number of nitrogens with zero attached hydrogens (tertiary/aromatic N) is 1. The normalized spacial score (nSPS) is 18.3. The van der Waals surface area contributed by atoms with E-state index in [1.165, 1.54) is 0 Å². The Labute approximate surface area is 128 Å². The molecule has 0 radical (unpaired) electrons. The van der Waals surface area contributed by atoms with Crippen LogP contribution in [-0.2, 0) is 4.79 Å². The minimum Gasteiger partial charge on any atom is -0.492 e. The van der Waals surface area contributed by atoms with Gasteiger partial charge in [-0.2, -0.15) is 0 Å². The van der Waals surface area contributed by atoms with Crippen molar-refractivity contribution in [3.63, 3.8) is 0 Å². The highest BCUT2D eigenvalue weighted by Gasteiger charge is 2.26. The highest BCUT2D eigenvalue weighted by atomic mass is 79.9. The molecule has 2 rings (SSSR count). The highest BCUT2D eigenvalue weighted by molar-refractivity contribution is 9.10. The van der Waals surface area contributed by atoms with E-state index in [1.807, 2.05) is 29.2 Å². The van der Waals surface area contributed by atoms with Crippen LogP contribution in [0.1, 0.15) is 25.7 Å². The maximum Gasteiger partial charge on any atom is 0.222 e. The Morgan fingerprint density at radius 3 is 3.00 bits per heavy atom. The fourth-order valence-electron chi connectivity index (χ4n) is 2.52. The lowest BCUT2D eigenvalue weighted by atomic mass is 10.2. The third-order valence-corrected chi connectivity index (χ3v) is 4.25. The van der Waals surface area contributed by atoms with Crippen molar-refractivity contribution in [2.24, 2.45) is 5.73 Å². The Kier molecular flexibility index (Phi) is 5.86. The zero-order chi connectivity index (χ0) is 14.4. The minimum absolute atomic E-state index is 0.202. The van der Waals surface area contributed by atoms with Gasteiger partial charge in [0.1, 0.15) is 5.75 Å².